The lowest BCUT2D eigenvalue weighted by atomic mass is 10.1. The van der Waals surface area contributed by atoms with E-state index in [0.29, 0.717) is 6.54 Å². The molecule has 0 aromatic heterocycles. The van der Waals surface area contributed by atoms with Crippen molar-refractivity contribution in [2.24, 2.45) is 0 Å². The molecule has 0 saturated heterocycles. The number of fused-ring (bicyclic) bond motifs is 1. The van der Waals surface area contributed by atoms with Crippen LogP contribution in [0.2, 0.25) is 0 Å². The number of hydrogen-bond acceptors (Lipinski definition) is 4. The molecule has 0 heterocycles. The second-order valence-electron chi connectivity index (χ2n) is 6.87. The Morgan fingerprint density at radius 2 is 1.59 bits per heavy atom. The van der Waals surface area contributed by atoms with Gasteiger partial charge in [0.1, 0.15) is 0 Å². The van der Waals surface area contributed by atoms with Gasteiger partial charge < -0.3 is 4.90 Å². The summed E-state index contributed by atoms with van der Waals surface area (Å²) in [7, 11) is -0.642. The molecule has 5 nitrogen and oxygen atoms in total. The van der Waals surface area contributed by atoms with Crippen LogP contribution in [0.1, 0.15) is 5.56 Å². The minimum Gasteiger partial charge on any atom is -0.340 e. The van der Waals surface area contributed by atoms with Gasteiger partial charge in [0.15, 0.2) is 0 Å². The van der Waals surface area contributed by atoms with Crippen molar-refractivity contribution in [3.05, 3.63) is 72.3 Å². The zero-order valence-corrected chi connectivity index (χ0v) is 18.3. The summed E-state index contributed by atoms with van der Waals surface area (Å²) >= 11 is 1.66. The van der Waals surface area contributed by atoms with E-state index in [1.165, 1.54) is 7.05 Å². The Balaban J connectivity index is 1.69. The zero-order chi connectivity index (χ0) is 21.0. The Morgan fingerprint density at radius 1 is 0.931 bits per heavy atom. The Bertz CT molecular complexity index is 1110. The number of hydrogen-bond donors (Lipinski definition) is 0. The number of likely N-dealkylation sites (N-methyl/N-ethyl adjacent to an activating group) is 2. The first kappa shape index (κ1) is 21.4. The summed E-state index contributed by atoms with van der Waals surface area (Å²) in [4.78, 5) is 15.5. The van der Waals surface area contributed by atoms with E-state index in [-0.39, 0.29) is 17.3 Å². The van der Waals surface area contributed by atoms with Crippen LogP contribution in [0.4, 0.5) is 0 Å². The van der Waals surface area contributed by atoms with Crippen LogP contribution in [0.5, 0.6) is 0 Å². The van der Waals surface area contributed by atoms with Gasteiger partial charge in [-0.05, 0) is 46.9 Å². The number of carbonyl (C=O) groups excluding carboxylic acids is 1. The number of thioether (sulfide) groups is 1. The Morgan fingerprint density at radius 3 is 2.24 bits per heavy atom. The molecule has 0 radical (unpaired) electrons. The predicted molar refractivity (Wildman–Crippen MR) is 118 cm³/mol. The molecular formula is C22H24N2O3S2. The van der Waals surface area contributed by atoms with E-state index in [2.05, 4.69) is 0 Å². The van der Waals surface area contributed by atoms with Crippen molar-refractivity contribution in [3.8, 4) is 0 Å². The molecule has 3 rings (SSSR count). The lowest BCUT2D eigenvalue weighted by Crippen LogP contribution is -2.39. The van der Waals surface area contributed by atoms with Crippen molar-refractivity contribution >= 4 is 38.5 Å². The normalized spacial score (nSPS) is 11.7. The summed E-state index contributed by atoms with van der Waals surface area (Å²) in [6, 6.07) is 20.5. The van der Waals surface area contributed by atoms with Crippen molar-refractivity contribution in [3.63, 3.8) is 0 Å². The number of carbonyl (C=O) groups is 1. The van der Waals surface area contributed by atoms with Crippen LogP contribution < -0.4 is 0 Å². The van der Waals surface area contributed by atoms with E-state index in [1.54, 1.807) is 41.9 Å². The molecule has 152 valence electrons. The number of rotatable bonds is 7. The average Bonchev–Trinajstić information content (AvgIpc) is 2.73. The van der Waals surface area contributed by atoms with E-state index in [1.807, 2.05) is 54.8 Å². The monoisotopic (exact) mass is 428 g/mol. The van der Waals surface area contributed by atoms with Gasteiger partial charge in [-0.3, -0.25) is 4.79 Å². The largest absolute Gasteiger partial charge is 0.340 e. The molecule has 0 unspecified atom stereocenters. The van der Waals surface area contributed by atoms with Gasteiger partial charge in [0.2, 0.25) is 15.9 Å². The number of amides is 1. The van der Waals surface area contributed by atoms with E-state index in [0.717, 1.165) is 25.5 Å². The van der Waals surface area contributed by atoms with E-state index < -0.39 is 10.0 Å². The summed E-state index contributed by atoms with van der Waals surface area (Å²) in [6.07, 6.45) is 2.01. The summed E-state index contributed by atoms with van der Waals surface area (Å²) in [5.74, 6) is -0.259. The topological polar surface area (TPSA) is 57.7 Å². The van der Waals surface area contributed by atoms with Crippen LogP contribution in [-0.4, -0.2) is 50.4 Å². The highest BCUT2D eigenvalue weighted by Gasteiger charge is 2.24. The van der Waals surface area contributed by atoms with E-state index >= 15 is 0 Å². The first-order valence-electron chi connectivity index (χ1n) is 9.13. The lowest BCUT2D eigenvalue weighted by Gasteiger charge is -2.22. The third-order valence-electron chi connectivity index (χ3n) is 4.79. The molecule has 0 spiro atoms. The first-order valence-corrected chi connectivity index (χ1v) is 11.8. The van der Waals surface area contributed by atoms with Gasteiger partial charge in [0.25, 0.3) is 0 Å². The Kier molecular flexibility index (Phi) is 6.62. The molecular weight excluding hydrogens is 404 g/mol. The van der Waals surface area contributed by atoms with E-state index in [4.69, 9.17) is 0 Å². The highest BCUT2D eigenvalue weighted by atomic mass is 32.2. The van der Waals surface area contributed by atoms with Gasteiger partial charge in [-0.25, -0.2) is 8.42 Å². The molecule has 3 aromatic rings. The maximum atomic E-state index is 12.9. The number of benzene rings is 3. The SMILES string of the molecule is CSc1ccc(CN(C)C(=O)CN(C)S(=O)(=O)c2ccc3ccccc3c2)cc1. The van der Waals surface area contributed by atoms with Crippen molar-refractivity contribution in [1.82, 2.24) is 9.21 Å². The highest BCUT2D eigenvalue weighted by molar-refractivity contribution is 7.98. The van der Waals surface area contributed by atoms with Crippen LogP contribution in [0.15, 0.2) is 76.5 Å². The predicted octanol–water partition coefficient (Wildman–Crippen LogP) is 3.84. The molecule has 0 aliphatic heterocycles. The zero-order valence-electron chi connectivity index (χ0n) is 16.7. The molecule has 0 bridgehead atoms. The molecule has 0 fully saturated rings. The first-order chi connectivity index (χ1) is 13.8. The number of sulfonamides is 1. The lowest BCUT2D eigenvalue weighted by molar-refractivity contribution is -0.130. The van der Waals surface area contributed by atoms with Crippen molar-refractivity contribution in [1.29, 1.82) is 0 Å². The smallest absolute Gasteiger partial charge is 0.243 e. The maximum absolute atomic E-state index is 12.9. The van der Waals surface area contributed by atoms with Gasteiger partial charge in [0.05, 0.1) is 11.4 Å². The van der Waals surface area contributed by atoms with Crippen LogP contribution >= 0.6 is 11.8 Å². The minimum atomic E-state index is -3.76. The third-order valence-corrected chi connectivity index (χ3v) is 7.33. The van der Waals surface area contributed by atoms with Crippen molar-refractivity contribution in [2.45, 2.75) is 16.3 Å². The third kappa shape index (κ3) is 4.98. The molecule has 29 heavy (non-hydrogen) atoms. The molecule has 0 atom stereocenters. The Hall–Kier alpha value is -2.35. The van der Waals surface area contributed by atoms with E-state index in [9.17, 15) is 13.2 Å². The van der Waals surface area contributed by atoms with Gasteiger partial charge in [-0.2, -0.15) is 4.31 Å². The second-order valence-corrected chi connectivity index (χ2v) is 9.79. The van der Waals surface area contributed by atoms with Gasteiger partial charge in [0, 0.05) is 25.5 Å². The minimum absolute atomic E-state index is 0.182. The summed E-state index contributed by atoms with van der Waals surface area (Å²) in [6.45, 7) is 0.214. The fourth-order valence-electron chi connectivity index (χ4n) is 3.00. The fraction of sp³-hybridized carbons (Fsp3) is 0.227. The van der Waals surface area contributed by atoms with Crippen LogP contribution in [0.25, 0.3) is 10.8 Å². The van der Waals surface area contributed by atoms with Crippen molar-refractivity contribution in [2.75, 3.05) is 26.9 Å². The standard InChI is InChI=1S/C22H24N2O3S2/c1-23(15-17-8-11-20(28-3)12-9-17)22(25)16-24(2)29(26,27)21-13-10-18-6-4-5-7-19(18)14-21/h4-14H,15-16H2,1-3H3. The molecule has 0 aliphatic carbocycles. The summed E-state index contributed by atoms with van der Waals surface area (Å²) in [5, 5.41) is 1.82. The molecule has 3 aromatic carbocycles. The van der Waals surface area contributed by atoms with Gasteiger partial charge in [-0.1, -0.05) is 42.5 Å². The molecule has 1 amide bonds. The average molecular weight is 429 g/mol. The second kappa shape index (κ2) is 8.98. The fourth-order valence-corrected chi connectivity index (χ4v) is 4.56. The van der Waals surface area contributed by atoms with Gasteiger partial charge in [-0.15, -0.1) is 11.8 Å². The summed E-state index contributed by atoms with van der Waals surface area (Å²) in [5.41, 5.74) is 0.999. The number of nitrogens with zero attached hydrogens (tertiary/aromatic N) is 2. The highest BCUT2D eigenvalue weighted by Crippen LogP contribution is 2.21. The van der Waals surface area contributed by atoms with Crippen LogP contribution in [-0.2, 0) is 21.4 Å². The molecule has 0 N–H and O–H groups in total. The van der Waals surface area contributed by atoms with Crippen molar-refractivity contribution < 1.29 is 13.2 Å². The van der Waals surface area contributed by atoms with Crippen LogP contribution in [0.3, 0.4) is 0 Å². The molecule has 0 saturated carbocycles. The van der Waals surface area contributed by atoms with Gasteiger partial charge >= 0.3 is 0 Å². The maximum Gasteiger partial charge on any atom is 0.243 e. The Labute approximate surface area is 176 Å². The summed E-state index contributed by atoms with van der Waals surface area (Å²) < 4.78 is 26.9. The van der Waals surface area contributed by atoms with Crippen LogP contribution in [0, 0.1) is 0 Å². The molecule has 0 aliphatic rings. The molecule has 7 heteroatoms. The quantitative estimate of drug-likeness (QED) is 0.537.